The number of nitrogens with zero attached hydrogens (tertiary/aromatic N) is 2. The summed E-state index contributed by atoms with van der Waals surface area (Å²) in [6.45, 7) is 1.68. The quantitative estimate of drug-likeness (QED) is 0.229. The molecule has 0 saturated heterocycles. The standard InChI is InChI=1S/C24H21N3O7/c1-14-9-22(27-34-14)26-23(28)17(13-25)10-15-5-7-19(20(11-15)31-3)33-24(29)16-6-8-18(30-2)21(12-16)32-4/h5-12H,1-4H3,(H,26,27,28). The molecule has 2 aromatic carbocycles. The molecule has 174 valence electrons. The number of amides is 1. The summed E-state index contributed by atoms with van der Waals surface area (Å²) in [6, 6.07) is 12.6. The summed E-state index contributed by atoms with van der Waals surface area (Å²) in [5.74, 6) is 0.657. The molecule has 1 N–H and O–H groups in total. The molecule has 3 rings (SSSR count). The third-order valence-electron chi connectivity index (χ3n) is 4.56. The molecule has 10 nitrogen and oxygen atoms in total. The second-order valence-electron chi connectivity index (χ2n) is 6.82. The van der Waals surface area contributed by atoms with Gasteiger partial charge in [-0.25, -0.2) is 4.79 Å². The number of nitrogens with one attached hydrogen (secondary N) is 1. The number of carbonyl (C=O) groups is 2. The third kappa shape index (κ3) is 5.52. The van der Waals surface area contributed by atoms with E-state index in [1.165, 1.54) is 51.7 Å². The van der Waals surface area contributed by atoms with Gasteiger partial charge in [0.15, 0.2) is 28.8 Å². The summed E-state index contributed by atoms with van der Waals surface area (Å²) in [5, 5.41) is 15.6. The van der Waals surface area contributed by atoms with Gasteiger partial charge < -0.3 is 28.8 Å². The zero-order valence-electron chi connectivity index (χ0n) is 18.9. The lowest BCUT2D eigenvalue weighted by Gasteiger charge is -2.12. The number of anilines is 1. The molecule has 1 heterocycles. The Bertz CT molecular complexity index is 1290. The predicted molar refractivity (Wildman–Crippen MR) is 121 cm³/mol. The Hall–Kier alpha value is -4.78. The van der Waals surface area contributed by atoms with Gasteiger partial charge in [0.1, 0.15) is 17.4 Å². The number of rotatable bonds is 8. The second kappa shape index (κ2) is 10.7. The van der Waals surface area contributed by atoms with Gasteiger partial charge in [-0.1, -0.05) is 11.2 Å². The number of benzene rings is 2. The first-order valence-electron chi connectivity index (χ1n) is 9.87. The largest absolute Gasteiger partial charge is 0.493 e. The minimum Gasteiger partial charge on any atom is -0.493 e. The maximum atomic E-state index is 12.6. The van der Waals surface area contributed by atoms with Crippen molar-refractivity contribution in [1.82, 2.24) is 5.16 Å². The minimum absolute atomic E-state index is 0.153. The summed E-state index contributed by atoms with van der Waals surface area (Å²) in [6.07, 6.45) is 1.37. The van der Waals surface area contributed by atoms with Gasteiger partial charge in [-0.05, 0) is 48.9 Å². The van der Waals surface area contributed by atoms with E-state index < -0.39 is 11.9 Å². The molecular weight excluding hydrogens is 442 g/mol. The van der Waals surface area contributed by atoms with E-state index >= 15 is 0 Å². The molecule has 0 aliphatic heterocycles. The van der Waals surface area contributed by atoms with Crippen LogP contribution in [0.5, 0.6) is 23.0 Å². The fraction of sp³-hybridized carbons (Fsp3) is 0.167. The van der Waals surface area contributed by atoms with Crippen molar-refractivity contribution in [3.05, 3.63) is 64.9 Å². The Morgan fingerprint density at radius 2 is 1.65 bits per heavy atom. The first kappa shape index (κ1) is 23.9. The van der Waals surface area contributed by atoms with Gasteiger partial charge in [-0.3, -0.25) is 4.79 Å². The van der Waals surface area contributed by atoms with Gasteiger partial charge in [0.05, 0.1) is 26.9 Å². The van der Waals surface area contributed by atoms with Crippen LogP contribution in [0.3, 0.4) is 0 Å². The number of carbonyl (C=O) groups excluding carboxylic acids is 2. The highest BCUT2D eigenvalue weighted by Crippen LogP contribution is 2.31. The smallest absolute Gasteiger partial charge is 0.343 e. The lowest BCUT2D eigenvalue weighted by Crippen LogP contribution is -2.13. The number of aryl methyl sites for hydroxylation is 1. The zero-order valence-corrected chi connectivity index (χ0v) is 18.9. The first-order valence-corrected chi connectivity index (χ1v) is 9.87. The molecule has 1 aromatic heterocycles. The van der Waals surface area contributed by atoms with Crippen molar-refractivity contribution in [2.45, 2.75) is 6.92 Å². The van der Waals surface area contributed by atoms with Crippen LogP contribution in [-0.2, 0) is 4.79 Å². The topological polar surface area (TPSA) is 133 Å². The highest BCUT2D eigenvalue weighted by Gasteiger charge is 2.17. The van der Waals surface area contributed by atoms with E-state index in [9.17, 15) is 14.9 Å². The molecule has 0 saturated carbocycles. The van der Waals surface area contributed by atoms with Crippen LogP contribution in [0.15, 0.2) is 52.6 Å². The van der Waals surface area contributed by atoms with Gasteiger partial charge >= 0.3 is 5.97 Å². The van der Waals surface area contributed by atoms with Crippen molar-refractivity contribution < 1.29 is 33.1 Å². The number of aromatic nitrogens is 1. The molecular formula is C24H21N3O7. The number of ether oxygens (including phenoxy) is 4. The fourth-order valence-corrected chi connectivity index (χ4v) is 2.90. The number of hydrogen-bond acceptors (Lipinski definition) is 9. The van der Waals surface area contributed by atoms with E-state index in [1.54, 1.807) is 25.1 Å². The molecule has 34 heavy (non-hydrogen) atoms. The van der Waals surface area contributed by atoms with Crippen LogP contribution in [0, 0.1) is 18.3 Å². The zero-order chi connectivity index (χ0) is 24.7. The van der Waals surface area contributed by atoms with E-state index in [2.05, 4.69) is 10.5 Å². The number of hydrogen-bond donors (Lipinski definition) is 1. The Morgan fingerprint density at radius 1 is 0.971 bits per heavy atom. The molecule has 0 aliphatic carbocycles. The molecule has 0 spiro atoms. The van der Waals surface area contributed by atoms with Crippen LogP contribution < -0.4 is 24.3 Å². The van der Waals surface area contributed by atoms with Crippen molar-refractivity contribution in [2.24, 2.45) is 0 Å². The molecule has 3 aromatic rings. The van der Waals surface area contributed by atoms with E-state index in [0.29, 0.717) is 22.8 Å². The Labute approximate surface area is 195 Å². The molecule has 10 heteroatoms. The van der Waals surface area contributed by atoms with Gasteiger partial charge in [0, 0.05) is 6.07 Å². The fourth-order valence-electron chi connectivity index (χ4n) is 2.90. The Balaban J connectivity index is 1.80. The summed E-state index contributed by atoms with van der Waals surface area (Å²) in [5.41, 5.74) is 0.554. The predicted octanol–water partition coefficient (Wildman–Crippen LogP) is 3.77. The average molecular weight is 463 g/mol. The van der Waals surface area contributed by atoms with Crippen LogP contribution in [0.25, 0.3) is 6.08 Å². The van der Waals surface area contributed by atoms with Crippen LogP contribution in [0.1, 0.15) is 21.7 Å². The minimum atomic E-state index is -0.654. The summed E-state index contributed by atoms with van der Waals surface area (Å²) < 4.78 is 26.1. The highest BCUT2D eigenvalue weighted by molar-refractivity contribution is 6.09. The maximum Gasteiger partial charge on any atom is 0.343 e. The summed E-state index contributed by atoms with van der Waals surface area (Å²) in [7, 11) is 4.36. The van der Waals surface area contributed by atoms with Crippen molar-refractivity contribution in [1.29, 1.82) is 5.26 Å². The van der Waals surface area contributed by atoms with Crippen molar-refractivity contribution in [3.8, 4) is 29.1 Å². The van der Waals surface area contributed by atoms with Gasteiger partial charge in [-0.15, -0.1) is 0 Å². The van der Waals surface area contributed by atoms with Crippen LogP contribution in [0.2, 0.25) is 0 Å². The summed E-state index contributed by atoms with van der Waals surface area (Å²) in [4.78, 5) is 25.0. The number of nitriles is 1. The van der Waals surface area contributed by atoms with Crippen LogP contribution in [0.4, 0.5) is 5.82 Å². The average Bonchev–Trinajstić information content (AvgIpc) is 3.26. The van der Waals surface area contributed by atoms with Gasteiger partial charge in [-0.2, -0.15) is 5.26 Å². The SMILES string of the molecule is COc1ccc(C(=O)Oc2ccc(C=C(C#N)C(=O)Nc3cc(C)on3)cc2OC)cc1OC. The molecule has 0 fully saturated rings. The van der Waals surface area contributed by atoms with Gasteiger partial charge in [0.25, 0.3) is 5.91 Å². The lowest BCUT2D eigenvalue weighted by molar-refractivity contribution is -0.112. The lowest BCUT2D eigenvalue weighted by atomic mass is 10.1. The molecule has 0 atom stereocenters. The maximum absolute atomic E-state index is 12.6. The van der Waals surface area contributed by atoms with E-state index in [4.69, 9.17) is 23.5 Å². The summed E-state index contributed by atoms with van der Waals surface area (Å²) >= 11 is 0. The molecule has 0 bridgehead atoms. The Kier molecular flexibility index (Phi) is 7.51. The van der Waals surface area contributed by atoms with Crippen molar-refractivity contribution >= 4 is 23.8 Å². The molecule has 0 radical (unpaired) electrons. The van der Waals surface area contributed by atoms with Crippen LogP contribution in [-0.4, -0.2) is 38.4 Å². The number of esters is 1. The van der Waals surface area contributed by atoms with Crippen molar-refractivity contribution in [2.75, 3.05) is 26.6 Å². The number of methoxy groups -OCH3 is 3. The van der Waals surface area contributed by atoms with Crippen molar-refractivity contribution in [3.63, 3.8) is 0 Å². The van der Waals surface area contributed by atoms with Gasteiger partial charge in [0.2, 0.25) is 0 Å². The Morgan fingerprint density at radius 3 is 2.26 bits per heavy atom. The third-order valence-corrected chi connectivity index (χ3v) is 4.56. The normalized spacial score (nSPS) is 10.7. The second-order valence-corrected chi connectivity index (χ2v) is 6.82. The van der Waals surface area contributed by atoms with Crippen LogP contribution >= 0.6 is 0 Å². The molecule has 1 amide bonds. The monoisotopic (exact) mass is 463 g/mol. The van der Waals surface area contributed by atoms with E-state index in [-0.39, 0.29) is 28.5 Å². The molecule has 0 aliphatic rings. The molecule has 0 unspecified atom stereocenters. The van der Waals surface area contributed by atoms with E-state index in [0.717, 1.165) is 0 Å². The first-order chi connectivity index (χ1) is 16.4. The highest BCUT2D eigenvalue weighted by atomic mass is 16.6. The van der Waals surface area contributed by atoms with E-state index in [1.807, 2.05) is 6.07 Å².